The van der Waals surface area contributed by atoms with Crippen molar-refractivity contribution in [2.24, 2.45) is 5.16 Å². The van der Waals surface area contributed by atoms with Gasteiger partial charge in [0.1, 0.15) is 12.4 Å². The van der Waals surface area contributed by atoms with Gasteiger partial charge in [0.25, 0.3) is 0 Å². The van der Waals surface area contributed by atoms with E-state index < -0.39 is 11.7 Å². The van der Waals surface area contributed by atoms with Gasteiger partial charge in [0.15, 0.2) is 0 Å². The van der Waals surface area contributed by atoms with Gasteiger partial charge < -0.3 is 9.40 Å². The third-order valence-corrected chi connectivity index (χ3v) is 5.77. The largest absolute Gasteiger partial charge is 0.416 e. The average molecular weight is 501 g/mol. The van der Waals surface area contributed by atoms with Crippen LogP contribution in [-0.2, 0) is 17.6 Å². The molecule has 1 heterocycles. The second-order valence-electron chi connectivity index (χ2n) is 8.00. The molecule has 0 aliphatic rings. The van der Waals surface area contributed by atoms with E-state index in [0.717, 1.165) is 40.3 Å². The normalized spacial score (nSPS) is 12.1. The lowest BCUT2D eigenvalue weighted by Gasteiger charge is -2.13. The van der Waals surface area contributed by atoms with Crippen LogP contribution in [0.5, 0.6) is 0 Å². The quantitative estimate of drug-likeness (QED) is 0.149. The molecule has 0 saturated carbocycles. The minimum absolute atomic E-state index is 0.111. The Balaban J connectivity index is 1.67. The minimum atomic E-state index is -4.42. The first-order chi connectivity index (χ1) is 16.6. The van der Waals surface area contributed by atoms with Gasteiger partial charge in [-0.05, 0) is 85.6 Å². The predicted octanol–water partition coefficient (Wildman–Crippen LogP) is 8.20. The van der Waals surface area contributed by atoms with Crippen molar-refractivity contribution in [2.45, 2.75) is 26.6 Å². The van der Waals surface area contributed by atoms with Gasteiger partial charge in [0.05, 0.1) is 17.0 Å². The van der Waals surface area contributed by atoms with E-state index in [0.29, 0.717) is 16.3 Å². The van der Waals surface area contributed by atoms with Crippen LogP contribution in [0.3, 0.4) is 0 Å². The van der Waals surface area contributed by atoms with Gasteiger partial charge in [0.2, 0.25) is 0 Å². The van der Waals surface area contributed by atoms with E-state index in [1.54, 1.807) is 31.2 Å². The monoisotopic (exact) mass is 500 g/mol. The summed E-state index contributed by atoms with van der Waals surface area (Å²) in [4.78, 5) is 5.39. The summed E-state index contributed by atoms with van der Waals surface area (Å²) in [5.41, 5.74) is 4.18. The molecule has 1 aromatic heterocycles. The molecule has 4 rings (SSSR count). The zero-order valence-corrected chi connectivity index (χ0v) is 19.7. The van der Waals surface area contributed by atoms with Gasteiger partial charge in [-0.3, -0.25) is 0 Å². The lowest BCUT2D eigenvalue weighted by Crippen LogP contribution is -2.05. The number of hydrogen-bond donors (Lipinski definition) is 0. The summed E-state index contributed by atoms with van der Waals surface area (Å²) in [6, 6.07) is 20.3. The van der Waals surface area contributed by atoms with Crippen LogP contribution in [0, 0.1) is 12.7 Å². The highest BCUT2D eigenvalue weighted by molar-refractivity contribution is 6.30. The first-order valence-electron chi connectivity index (χ1n) is 10.7. The molecule has 3 nitrogen and oxygen atoms in total. The van der Waals surface area contributed by atoms with Gasteiger partial charge >= 0.3 is 6.18 Å². The zero-order valence-electron chi connectivity index (χ0n) is 18.9. The molecule has 0 unspecified atom stereocenters. The number of rotatable bonds is 6. The number of benzene rings is 3. The van der Waals surface area contributed by atoms with Crippen LogP contribution >= 0.6 is 11.6 Å². The molecule has 0 aliphatic carbocycles. The Kier molecular flexibility index (Phi) is 6.98. The fourth-order valence-electron chi connectivity index (χ4n) is 3.84. The summed E-state index contributed by atoms with van der Waals surface area (Å²) in [6.45, 7) is 3.56. The Morgan fingerprint density at radius 1 is 0.971 bits per heavy atom. The van der Waals surface area contributed by atoms with Crippen LogP contribution in [-0.4, -0.2) is 10.3 Å². The zero-order chi connectivity index (χ0) is 25.2. The molecule has 0 fully saturated rings. The average Bonchev–Trinajstić information content (AvgIpc) is 3.16. The molecule has 4 aromatic rings. The Labute approximate surface area is 205 Å². The van der Waals surface area contributed by atoms with Gasteiger partial charge in [-0.25, -0.2) is 4.39 Å². The summed E-state index contributed by atoms with van der Waals surface area (Å²) in [7, 11) is 0. The molecule has 3 aromatic carbocycles. The predicted molar refractivity (Wildman–Crippen MR) is 129 cm³/mol. The van der Waals surface area contributed by atoms with Crippen molar-refractivity contribution in [1.29, 1.82) is 0 Å². The number of hydrogen-bond acceptors (Lipinski definition) is 2. The van der Waals surface area contributed by atoms with Gasteiger partial charge in [-0.2, -0.15) is 13.2 Å². The number of aromatic nitrogens is 1. The molecule has 0 saturated heterocycles. The van der Waals surface area contributed by atoms with Gasteiger partial charge in [-0.15, -0.1) is 0 Å². The summed E-state index contributed by atoms with van der Waals surface area (Å²) < 4.78 is 54.4. The highest BCUT2D eigenvalue weighted by Gasteiger charge is 2.30. The van der Waals surface area contributed by atoms with Crippen molar-refractivity contribution in [2.75, 3.05) is 0 Å². The number of nitrogens with zero attached hydrogens (tertiary/aromatic N) is 2. The van der Waals surface area contributed by atoms with Crippen LogP contribution in [0.2, 0.25) is 5.02 Å². The van der Waals surface area contributed by atoms with E-state index in [4.69, 9.17) is 16.4 Å². The second-order valence-corrected chi connectivity index (χ2v) is 8.44. The highest BCUT2D eigenvalue weighted by Crippen LogP contribution is 2.32. The van der Waals surface area contributed by atoms with E-state index in [2.05, 4.69) is 5.16 Å². The Hall–Kier alpha value is -3.58. The molecule has 0 spiro atoms. The van der Waals surface area contributed by atoms with Crippen LogP contribution in [0.4, 0.5) is 17.6 Å². The van der Waals surface area contributed by atoms with Crippen LogP contribution in [0.1, 0.15) is 29.3 Å². The maximum Gasteiger partial charge on any atom is 0.416 e. The van der Waals surface area contributed by atoms with Crippen molar-refractivity contribution in [3.05, 3.63) is 112 Å². The first-order valence-corrected chi connectivity index (χ1v) is 11.1. The molecule has 0 radical (unpaired) electrons. The van der Waals surface area contributed by atoms with E-state index in [-0.39, 0.29) is 12.4 Å². The lowest BCUT2D eigenvalue weighted by molar-refractivity contribution is -0.137. The number of oxime groups is 1. The molecule has 0 bridgehead atoms. The number of halogens is 5. The van der Waals surface area contributed by atoms with Crippen LogP contribution in [0.25, 0.3) is 16.9 Å². The van der Waals surface area contributed by atoms with E-state index in [9.17, 15) is 17.6 Å². The molecule has 180 valence electrons. The maximum atomic E-state index is 13.5. The molecule has 0 amide bonds. The smallest absolute Gasteiger partial charge is 0.391 e. The van der Waals surface area contributed by atoms with Crippen LogP contribution < -0.4 is 0 Å². The summed E-state index contributed by atoms with van der Waals surface area (Å²) in [5, 5.41) is 4.72. The Bertz CT molecular complexity index is 1370. The molecule has 0 N–H and O–H groups in total. The molecule has 0 atom stereocenters. The van der Waals surface area contributed by atoms with Crippen LogP contribution in [0.15, 0.2) is 84.0 Å². The second kappa shape index (κ2) is 9.96. The topological polar surface area (TPSA) is 26.5 Å². The summed E-state index contributed by atoms with van der Waals surface area (Å²) in [5.74, 6) is -0.340. The maximum absolute atomic E-state index is 13.5. The number of alkyl halides is 3. The van der Waals surface area contributed by atoms with E-state index in [1.165, 1.54) is 18.2 Å². The fraction of sp³-hybridized carbons (Fsp3) is 0.148. The van der Waals surface area contributed by atoms with Crippen molar-refractivity contribution in [3.63, 3.8) is 0 Å². The van der Waals surface area contributed by atoms with E-state index in [1.807, 2.05) is 35.8 Å². The third kappa shape index (κ3) is 5.57. The van der Waals surface area contributed by atoms with Crippen molar-refractivity contribution in [1.82, 2.24) is 4.57 Å². The van der Waals surface area contributed by atoms with Crippen molar-refractivity contribution in [3.8, 4) is 16.9 Å². The SMILES string of the molecule is CC(=NOCc1cccc(C(F)(F)F)c1)c1cc(-c2ccc(F)cc2)n(-c2cccc(Cl)c2)c1C. The van der Waals surface area contributed by atoms with Crippen molar-refractivity contribution >= 4 is 17.3 Å². The molecular formula is C27H21ClF4N2O. The van der Waals surface area contributed by atoms with Crippen molar-refractivity contribution < 1.29 is 22.4 Å². The minimum Gasteiger partial charge on any atom is -0.391 e. The Morgan fingerprint density at radius 2 is 1.69 bits per heavy atom. The first kappa shape index (κ1) is 24.5. The fourth-order valence-corrected chi connectivity index (χ4v) is 4.03. The van der Waals surface area contributed by atoms with Gasteiger partial charge in [-0.1, -0.05) is 35.0 Å². The van der Waals surface area contributed by atoms with Gasteiger partial charge in [0, 0.05) is 22.0 Å². The Morgan fingerprint density at radius 3 is 2.37 bits per heavy atom. The van der Waals surface area contributed by atoms with E-state index >= 15 is 0 Å². The molecule has 0 aliphatic heterocycles. The summed E-state index contributed by atoms with van der Waals surface area (Å²) in [6.07, 6.45) is -4.42. The standard InChI is InChI=1S/C27H21ClF4N2O/c1-17(33-35-16-19-5-3-6-21(13-19)27(30,31)32)25-15-26(20-9-11-23(29)12-10-20)34(18(25)2)24-8-4-7-22(28)14-24/h3-15H,16H2,1-2H3. The third-order valence-electron chi connectivity index (χ3n) is 5.53. The lowest BCUT2D eigenvalue weighted by atomic mass is 10.1. The molecular weight excluding hydrogens is 480 g/mol. The highest BCUT2D eigenvalue weighted by atomic mass is 35.5. The molecule has 35 heavy (non-hydrogen) atoms. The molecule has 8 heteroatoms. The summed E-state index contributed by atoms with van der Waals surface area (Å²) >= 11 is 6.22.